The molecule has 0 unspecified atom stereocenters. The van der Waals surface area contributed by atoms with E-state index in [4.69, 9.17) is 21.3 Å². The standard InChI is InChI=1S/C20H19ClN6O/c1-12-19(24-15-5-3-2-4-14(15)22-12)16-11-27-18(10-17(21)26-20(27)25-16)23-13-6-8-28-9-7-13/h2-5,10-11,13,23H,6-9H2,1H3. The number of aryl methyl sites for hydroxylation is 1. The first kappa shape index (κ1) is 17.3. The number of para-hydroxylation sites is 2. The highest BCUT2D eigenvalue weighted by molar-refractivity contribution is 6.29. The molecule has 4 aromatic rings. The van der Waals surface area contributed by atoms with Crippen LogP contribution in [0.4, 0.5) is 5.82 Å². The fourth-order valence-corrected chi connectivity index (χ4v) is 3.72. The van der Waals surface area contributed by atoms with E-state index in [9.17, 15) is 0 Å². The Morgan fingerprint density at radius 3 is 2.61 bits per heavy atom. The average molecular weight is 395 g/mol. The molecule has 3 aromatic heterocycles. The largest absolute Gasteiger partial charge is 0.381 e. The van der Waals surface area contributed by atoms with Crippen molar-refractivity contribution >= 4 is 34.2 Å². The lowest BCUT2D eigenvalue weighted by Crippen LogP contribution is -2.28. The maximum atomic E-state index is 6.25. The van der Waals surface area contributed by atoms with Crippen LogP contribution >= 0.6 is 11.6 Å². The van der Waals surface area contributed by atoms with Crippen LogP contribution in [0.2, 0.25) is 5.15 Å². The molecule has 1 aliphatic rings. The van der Waals surface area contributed by atoms with Crippen LogP contribution in [0.15, 0.2) is 36.5 Å². The molecule has 0 saturated carbocycles. The zero-order valence-corrected chi connectivity index (χ0v) is 16.1. The summed E-state index contributed by atoms with van der Waals surface area (Å²) < 4.78 is 7.37. The van der Waals surface area contributed by atoms with E-state index in [1.165, 1.54) is 0 Å². The van der Waals surface area contributed by atoms with Crippen LogP contribution in [0.1, 0.15) is 18.5 Å². The third kappa shape index (κ3) is 3.16. The molecule has 0 radical (unpaired) electrons. The van der Waals surface area contributed by atoms with Gasteiger partial charge in [0.15, 0.2) is 0 Å². The molecule has 8 heteroatoms. The second-order valence-electron chi connectivity index (χ2n) is 6.94. The number of imidazole rings is 1. The van der Waals surface area contributed by atoms with E-state index < -0.39 is 0 Å². The van der Waals surface area contributed by atoms with Gasteiger partial charge in [-0.1, -0.05) is 23.7 Å². The van der Waals surface area contributed by atoms with Crippen molar-refractivity contribution in [2.24, 2.45) is 0 Å². The fourth-order valence-electron chi connectivity index (χ4n) is 3.54. The summed E-state index contributed by atoms with van der Waals surface area (Å²) >= 11 is 6.25. The van der Waals surface area contributed by atoms with Crippen molar-refractivity contribution in [3.05, 3.63) is 47.4 Å². The Morgan fingerprint density at radius 2 is 1.82 bits per heavy atom. The smallest absolute Gasteiger partial charge is 0.237 e. The summed E-state index contributed by atoms with van der Waals surface area (Å²) in [6.07, 6.45) is 3.85. The molecular formula is C20H19ClN6O. The van der Waals surface area contributed by atoms with E-state index in [2.05, 4.69) is 20.3 Å². The van der Waals surface area contributed by atoms with Gasteiger partial charge < -0.3 is 10.1 Å². The Kier molecular flexibility index (Phi) is 4.33. The van der Waals surface area contributed by atoms with Crippen LogP contribution in [0.5, 0.6) is 0 Å². The predicted molar refractivity (Wildman–Crippen MR) is 109 cm³/mol. The van der Waals surface area contributed by atoms with Crippen molar-refractivity contribution < 1.29 is 4.74 Å². The van der Waals surface area contributed by atoms with E-state index in [1.54, 1.807) is 0 Å². The summed E-state index contributed by atoms with van der Waals surface area (Å²) in [6.45, 7) is 3.47. The first-order valence-electron chi connectivity index (χ1n) is 9.31. The van der Waals surface area contributed by atoms with E-state index in [0.29, 0.717) is 17.0 Å². The Labute approximate surface area is 166 Å². The molecule has 0 aliphatic carbocycles. The summed E-state index contributed by atoms with van der Waals surface area (Å²) in [5, 5.41) is 3.96. The molecule has 0 amide bonds. The number of halogens is 1. The lowest BCUT2D eigenvalue weighted by molar-refractivity contribution is 0.0903. The summed E-state index contributed by atoms with van der Waals surface area (Å²) in [4.78, 5) is 18.5. The minimum absolute atomic E-state index is 0.337. The quantitative estimate of drug-likeness (QED) is 0.531. The number of nitrogens with zero attached hydrogens (tertiary/aromatic N) is 5. The SMILES string of the molecule is Cc1nc2ccccc2nc1-c1cn2c(NC3CCOCC3)cc(Cl)nc2n1. The molecule has 4 heterocycles. The highest BCUT2D eigenvalue weighted by atomic mass is 35.5. The Balaban J connectivity index is 1.60. The van der Waals surface area contributed by atoms with Gasteiger partial charge in [-0.15, -0.1) is 0 Å². The number of benzene rings is 1. The predicted octanol–water partition coefficient (Wildman–Crippen LogP) is 3.89. The number of nitrogens with one attached hydrogen (secondary N) is 1. The van der Waals surface area contributed by atoms with Crippen LogP contribution in [0.25, 0.3) is 28.2 Å². The van der Waals surface area contributed by atoms with Gasteiger partial charge in [0.05, 0.1) is 16.7 Å². The third-order valence-corrected chi connectivity index (χ3v) is 5.16. The molecule has 142 valence electrons. The van der Waals surface area contributed by atoms with Gasteiger partial charge in [-0.25, -0.2) is 19.9 Å². The number of rotatable bonds is 3. The topological polar surface area (TPSA) is 77.2 Å². The molecular weight excluding hydrogens is 376 g/mol. The second-order valence-corrected chi connectivity index (χ2v) is 7.32. The van der Waals surface area contributed by atoms with Crippen LogP contribution in [0.3, 0.4) is 0 Å². The lowest BCUT2D eigenvalue weighted by Gasteiger charge is -2.24. The highest BCUT2D eigenvalue weighted by Crippen LogP contribution is 2.26. The minimum atomic E-state index is 0.337. The molecule has 5 rings (SSSR count). The first-order chi connectivity index (χ1) is 13.7. The van der Waals surface area contributed by atoms with Crippen molar-refractivity contribution in [3.8, 4) is 11.4 Å². The van der Waals surface area contributed by atoms with Gasteiger partial charge in [0.25, 0.3) is 0 Å². The third-order valence-electron chi connectivity index (χ3n) is 4.97. The molecule has 7 nitrogen and oxygen atoms in total. The molecule has 1 aliphatic heterocycles. The van der Waals surface area contributed by atoms with Crippen LogP contribution < -0.4 is 5.32 Å². The van der Waals surface area contributed by atoms with Crippen LogP contribution in [-0.4, -0.2) is 43.6 Å². The summed E-state index contributed by atoms with van der Waals surface area (Å²) in [5.41, 5.74) is 4.01. The fraction of sp³-hybridized carbons (Fsp3) is 0.300. The normalized spacial score (nSPS) is 15.4. The molecule has 1 N–H and O–H groups in total. The van der Waals surface area contributed by atoms with Gasteiger partial charge in [0, 0.05) is 31.5 Å². The highest BCUT2D eigenvalue weighted by Gasteiger charge is 2.18. The number of fused-ring (bicyclic) bond motifs is 2. The molecule has 1 saturated heterocycles. The van der Waals surface area contributed by atoms with E-state index >= 15 is 0 Å². The monoisotopic (exact) mass is 394 g/mol. The van der Waals surface area contributed by atoms with Gasteiger partial charge in [-0.05, 0) is 31.9 Å². The van der Waals surface area contributed by atoms with E-state index in [-0.39, 0.29) is 0 Å². The second kappa shape index (κ2) is 7.00. The number of hydrogen-bond acceptors (Lipinski definition) is 6. The average Bonchev–Trinajstić information content (AvgIpc) is 3.12. The zero-order valence-electron chi connectivity index (χ0n) is 15.4. The molecule has 0 spiro atoms. The van der Waals surface area contributed by atoms with Crippen molar-refractivity contribution in [2.45, 2.75) is 25.8 Å². The molecule has 28 heavy (non-hydrogen) atoms. The Hall–Kier alpha value is -2.77. The van der Waals surface area contributed by atoms with Crippen LogP contribution in [-0.2, 0) is 4.74 Å². The maximum Gasteiger partial charge on any atom is 0.237 e. The first-order valence-corrected chi connectivity index (χ1v) is 9.69. The number of ether oxygens (including phenoxy) is 1. The van der Waals surface area contributed by atoms with Crippen LogP contribution in [0, 0.1) is 6.92 Å². The van der Waals surface area contributed by atoms with Gasteiger partial charge in [-0.2, -0.15) is 0 Å². The Bertz CT molecular complexity index is 1170. The number of anilines is 1. The molecule has 1 aromatic carbocycles. The van der Waals surface area contributed by atoms with Crippen molar-refractivity contribution in [3.63, 3.8) is 0 Å². The summed E-state index contributed by atoms with van der Waals surface area (Å²) in [6, 6.07) is 9.99. The van der Waals surface area contributed by atoms with Gasteiger partial charge >= 0.3 is 0 Å². The molecule has 0 bridgehead atoms. The van der Waals surface area contributed by atoms with E-state index in [0.717, 1.165) is 60.0 Å². The van der Waals surface area contributed by atoms with Gasteiger partial charge in [0.1, 0.15) is 22.4 Å². The Morgan fingerprint density at radius 1 is 1.07 bits per heavy atom. The number of hydrogen-bond donors (Lipinski definition) is 1. The van der Waals surface area contributed by atoms with Crippen molar-refractivity contribution in [2.75, 3.05) is 18.5 Å². The lowest BCUT2D eigenvalue weighted by atomic mass is 10.1. The zero-order chi connectivity index (χ0) is 19.1. The number of aromatic nitrogens is 5. The van der Waals surface area contributed by atoms with Crippen molar-refractivity contribution in [1.29, 1.82) is 0 Å². The summed E-state index contributed by atoms with van der Waals surface area (Å²) in [7, 11) is 0. The van der Waals surface area contributed by atoms with Crippen molar-refractivity contribution in [1.82, 2.24) is 24.3 Å². The minimum Gasteiger partial charge on any atom is -0.381 e. The molecule has 1 fully saturated rings. The van der Waals surface area contributed by atoms with Gasteiger partial charge in [0.2, 0.25) is 5.78 Å². The van der Waals surface area contributed by atoms with E-state index in [1.807, 2.05) is 47.9 Å². The molecule has 0 atom stereocenters. The maximum absolute atomic E-state index is 6.25. The summed E-state index contributed by atoms with van der Waals surface area (Å²) in [5.74, 6) is 1.40. The van der Waals surface area contributed by atoms with Gasteiger partial charge in [-0.3, -0.25) is 4.40 Å².